The Bertz CT molecular complexity index is 1300. The van der Waals surface area contributed by atoms with Gasteiger partial charge in [0.05, 0.1) is 17.8 Å². The second-order valence-electron chi connectivity index (χ2n) is 8.15. The van der Waals surface area contributed by atoms with Crippen molar-refractivity contribution in [1.82, 2.24) is 14.9 Å². The maximum Gasteiger partial charge on any atom is 0.174 e. The summed E-state index contributed by atoms with van der Waals surface area (Å²) in [5.41, 5.74) is 5.83. The molecule has 0 aliphatic carbocycles. The number of hydrogen-bond acceptors (Lipinski definition) is 3. The highest BCUT2D eigenvalue weighted by Gasteiger charge is 2.42. The van der Waals surface area contributed by atoms with Gasteiger partial charge < -0.3 is 19.9 Å². The molecule has 0 spiro atoms. The largest absolute Gasteiger partial charge is 0.508 e. The minimum atomic E-state index is -0.263. The summed E-state index contributed by atoms with van der Waals surface area (Å²) in [4.78, 5) is 6.68. The summed E-state index contributed by atoms with van der Waals surface area (Å²) in [5, 5.41) is 13.8. The fourth-order valence-corrected chi connectivity index (χ4v) is 4.98. The molecule has 0 bridgehead atoms. The molecule has 1 aliphatic rings. The van der Waals surface area contributed by atoms with E-state index in [1.807, 2.05) is 37.3 Å². The average molecular weight is 459 g/mol. The number of halogens is 1. The van der Waals surface area contributed by atoms with E-state index in [2.05, 4.69) is 32.8 Å². The maximum absolute atomic E-state index is 13.5. The molecular formula is C26H23FN4OS. The average Bonchev–Trinajstić information content (AvgIpc) is 3.31. The number of thiocarbonyl (C=S) groups is 1. The van der Waals surface area contributed by atoms with Crippen LogP contribution in [-0.4, -0.2) is 19.8 Å². The Hall–Kier alpha value is -3.71. The summed E-state index contributed by atoms with van der Waals surface area (Å²) in [6, 6.07) is 21.2. The van der Waals surface area contributed by atoms with Crippen LogP contribution < -0.4 is 10.2 Å². The van der Waals surface area contributed by atoms with Crippen molar-refractivity contribution >= 4 is 23.0 Å². The Kier molecular flexibility index (Phi) is 5.34. The van der Waals surface area contributed by atoms with Gasteiger partial charge in [-0.3, -0.25) is 4.98 Å². The number of nitrogens with zero attached hydrogens (tertiary/aromatic N) is 3. The molecule has 3 heterocycles. The molecule has 1 fully saturated rings. The maximum atomic E-state index is 13.5. The van der Waals surface area contributed by atoms with Gasteiger partial charge in [-0.1, -0.05) is 6.07 Å². The van der Waals surface area contributed by atoms with Crippen molar-refractivity contribution in [3.63, 3.8) is 0 Å². The van der Waals surface area contributed by atoms with E-state index in [1.54, 1.807) is 30.5 Å². The summed E-state index contributed by atoms with van der Waals surface area (Å²) in [7, 11) is 0. The predicted octanol–water partition coefficient (Wildman–Crippen LogP) is 5.51. The van der Waals surface area contributed by atoms with Crippen molar-refractivity contribution in [2.45, 2.75) is 25.9 Å². The van der Waals surface area contributed by atoms with Crippen molar-refractivity contribution in [2.24, 2.45) is 0 Å². The highest BCUT2D eigenvalue weighted by Crippen LogP contribution is 2.43. The first kappa shape index (κ1) is 21.2. The minimum Gasteiger partial charge on any atom is -0.508 e. The smallest absolute Gasteiger partial charge is 0.174 e. The molecule has 2 atom stereocenters. The molecule has 2 N–H and O–H groups in total. The van der Waals surface area contributed by atoms with Gasteiger partial charge >= 0.3 is 0 Å². The molecular weight excluding hydrogens is 435 g/mol. The number of aromatic nitrogens is 2. The zero-order chi connectivity index (χ0) is 23.1. The molecule has 1 saturated heterocycles. The third-order valence-corrected chi connectivity index (χ3v) is 6.41. The van der Waals surface area contributed by atoms with E-state index in [0.29, 0.717) is 5.11 Å². The van der Waals surface area contributed by atoms with Crippen LogP contribution in [0, 0.1) is 19.7 Å². The van der Waals surface area contributed by atoms with Gasteiger partial charge in [0, 0.05) is 29.0 Å². The molecule has 7 heteroatoms. The van der Waals surface area contributed by atoms with Gasteiger partial charge in [-0.25, -0.2) is 4.39 Å². The Morgan fingerprint density at radius 3 is 2.33 bits per heavy atom. The van der Waals surface area contributed by atoms with E-state index < -0.39 is 0 Å². The number of benzene rings is 2. The summed E-state index contributed by atoms with van der Waals surface area (Å²) < 4.78 is 15.7. The highest BCUT2D eigenvalue weighted by molar-refractivity contribution is 7.80. The Labute approximate surface area is 197 Å². The zero-order valence-corrected chi connectivity index (χ0v) is 19.1. The molecule has 2 aromatic carbocycles. The summed E-state index contributed by atoms with van der Waals surface area (Å²) in [5.74, 6) is -0.0652. The minimum absolute atomic E-state index is 0.169. The van der Waals surface area contributed by atoms with Crippen molar-refractivity contribution in [1.29, 1.82) is 0 Å². The van der Waals surface area contributed by atoms with Gasteiger partial charge in [-0.05, 0) is 98.4 Å². The van der Waals surface area contributed by atoms with E-state index in [0.717, 1.165) is 34.0 Å². The van der Waals surface area contributed by atoms with Gasteiger partial charge in [0.15, 0.2) is 5.11 Å². The van der Waals surface area contributed by atoms with Crippen LogP contribution in [0.2, 0.25) is 0 Å². The standard InChI is InChI=1S/C26H23FN4OS/c1-16-15-22(17(2)30(16)19-8-6-18(27)7-9-19)25-24(23-5-3-4-14-28-23)29-26(33)31(25)20-10-12-21(32)13-11-20/h3-15,24-25,32H,1-2H3,(H,29,33)/t24-,25+/m1/s1. The van der Waals surface area contributed by atoms with Crippen LogP contribution in [0.15, 0.2) is 79.0 Å². The molecule has 4 aromatic rings. The van der Waals surface area contributed by atoms with Crippen LogP contribution >= 0.6 is 12.2 Å². The lowest BCUT2D eigenvalue weighted by Crippen LogP contribution is -2.29. The number of anilines is 1. The lowest BCUT2D eigenvalue weighted by Gasteiger charge is -2.28. The first-order chi connectivity index (χ1) is 15.9. The van der Waals surface area contributed by atoms with Crippen molar-refractivity contribution in [2.75, 3.05) is 4.90 Å². The third kappa shape index (κ3) is 3.74. The number of hydrogen-bond donors (Lipinski definition) is 2. The topological polar surface area (TPSA) is 53.3 Å². The second-order valence-corrected chi connectivity index (χ2v) is 8.54. The van der Waals surface area contributed by atoms with E-state index >= 15 is 0 Å². The van der Waals surface area contributed by atoms with Crippen LogP contribution in [-0.2, 0) is 0 Å². The molecule has 33 heavy (non-hydrogen) atoms. The van der Waals surface area contributed by atoms with E-state index in [1.165, 1.54) is 12.1 Å². The fraction of sp³-hybridized carbons (Fsp3) is 0.154. The van der Waals surface area contributed by atoms with Gasteiger partial charge in [-0.2, -0.15) is 0 Å². The Balaban J connectivity index is 1.67. The normalized spacial score (nSPS) is 17.9. The SMILES string of the molecule is Cc1cc([C@H]2[C@@H](c3ccccn3)NC(=S)N2c2ccc(O)cc2)c(C)n1-c1ccc(F)cc1. The Morgan fingerprint density at radius 2 is 1.67 bits per heavy atom. The number of phenols is 1. The van der Waals surface area contributed by atoms with Crippen molar-refractivity contribution in [3.8, 4) is 11.4 Å². The van der Waals surface area contributed by atoms with Crippen molar-refractivity contribution < 1.29 is 9.50 Å². The quantitative estimate of drug-likeness (QED) is 0.395. The molecule has 0 saturated carbocycles. The summed E-state index contributed by atoms with van der Waals surface area (Å²) in [6.07, 6.45) is 1.78. The van der Waals surface area contributed by atoms with Gasteiger partial charge in [-0.15, -0.1) is 0 Å². The molecule has 0 unspecified atom stereocenters. The predicted molar refractivity (Wildman–Crippen MR) is 131 cm³/mol. The van der Waals surface area contributed by atoms with Crippen LogP contribution in [0.3, 0.4) is 0 Å². The first-order valence-corrected chi connectivity index (χ1v) is 11.1. The molecule has 5 nitrogen and oxygen atoms in total. The van der Waals surface area contributed by atoms with Gasteiger partial charge in [0.1, 0.15) is 11.6 Å². The molecule has 166 valence electrons. The highest BCUT2D eigenvalue weighted by atomic mass is 32.1. The van der Waals surface area contributed by atoms with Gasteiger partial charge in [0.2, 0.25) is 0 Å². The van der Waals surface area contributed by atoms with E-state index in [4.69, 9.17) is 12.2 Å². The monoisotopic (exact) mass is 458 g/mol. The lowest BCUT2D eigenvalue weighted by molar-refractivity contribution is 0.475. The van der Waals surface area contributed by atoms with Gasteiger partial charge in [0.25, 0.3) is 0 Å². The number of rotatable bonds is 4. The van der Waals surface area contributed by atoms with Crippen molar-refractivity contribution in [3.05, 3.63) is 107 Å². The lowest BCUT2D eigenvalue weighted by atomic mass is 9.96. The van der Waals surface area contributed by atoms with Crippen LogP contribution in [0.4, 0.5) is 10.1 Å². The molecule has 1 aliphatic heterocycles. The fourth-order valence-electron chi connectivity index (χ4n) is 4.64. The Morgan fingerprint density at radius 1 is 0.970 bits per heavy atom. The number of phenolic OH excluding ortho intramolecular Hbond substituents is 1. The molecule has 5 rings (SSSR count). The molecule has 0 amide bonds. The summed E-state index contributed by atoms with van der Waals surface area (Å²) >= 11 is 5.78. The number of aromatic hydroxyl groups is 1. The van der Waals surface area contributed by atoms with Crippen LogP contribution in [0.1, 0.15) is 34.7 Å². The van der Waals surface area contributed by atoms with Crippen LogP contribution in [0.5, 0.6) is 5.75 Å². The second kappa shape index (κ2) is 8.33. The third-order valence-electron chi connectivity index (χ3n) is 6.10. The van der Waals surface area contributed by atoms with E-state index in [-0.39, 0.29) is 23.7 Å². The number of aryl methyl sites for hydroxylation is 1. The number of nitrogens with one attached hydrogen (secondary N) is 1. The molecule has 0 radical (unpaired) electrons. The van der Waals surface area contributed by atoms with Crippen LogP contribution in [0.25, 0.3) is 5.69 Å². The van der Waals surface area contributed by atoms with E-state index in [9.17, 15) is 9.50 Å². The summed E-state index contributed by atoms with van der Waals surface area (Å²) in [6.45, 7) is 4.11. The first-order valence-electron chi connectivity index (χ1n) is 10.7. The molecule has 2 aromatic heterocycles. The number of pyridine rings is 1. The zero-order valence-electron chi connectivity index (χ0n) is 18.2.